The number of rotatable bonds is 3. The average Bonchev–Trinajstić information content (AvgIpc) is 2.51. The van der Waals surface area contributed by atoms with Gasteiger partial charge in [-0.25, -0.2) is 0 Å². The maximum atomic E-state index is 12.1. The summed E-state index contributed by atoms with van der Waals surface area (Å²) in [4.78, 5) is 12.4. The van der Waals surface area contributed by atoms with E-state index in [-0.39, 0.29) is 10.3 Å². The van der Waals surface area contributed by atoms with Crippen LogP contribution in [0.15, 0.2) is 64.3 Å². The number of nitrogens with zero attached hydrogens (tertiary/aromatic N) is 3. The zero-order chi connectivity index (χ0) is 14.9. The van der Waals surface area contributed by atoms with Crippen LogP contribution in [0.1, 0.15) is 0 Å². The molecule has 0 aliphatic heterocycles. The van der Waals surface area contributed by atoms with Crippen molar-refractivity contribution >= 4 is 21.0 Å². The molecule has 2 aromatic carbocycles. The fraction of sp³-hybridized carbons (Fsp3) is 0. The van der Waals surface area contributed by atoms with Gasteiger partial charge < -0.3 is 0 Å². The van der Waals surface area contributed by atoms with E-state index in [2.05, 4.69) is 10.3 Å². The molecule has 7 nitrogen and oxygen atoms in total. The third-order valence-corrected chi connectivity index (χ3v) is 3.93. The van der Waals surface area contributed by atoms with Crippen LogP contribution in [0.3, 0.4) is 0 Å². The largest absolute Gasteiger partial charge is 0.358 e. The van der Waals surface area contributed by atoms with Gasteiger partial charge in [0, 0.05) is 0 Å². The van der Waals surface area contributed by atoms with Gasteiger partial charge in [0.15, 0.2) is 0 Å². The van der Waals surface area contributed by atoms with Gasteiger partial charge in [0.2, 0.25) is 0 Å². The fourth-order valence-corrected chi connectivity index (χ4v) is 2.61. The molecule has 0 spiro atoms. The standard InChI is InChI=1S/C13H9N3O4S/c17-13-11-8-4-5-9-12(11)14-15-16(13)20-21(18,19)10-6-2-1-3-7-10/h1-9H. The predicted octanol–water partition coefficient (Wildman–Crippen LogP) is 0.609. The fourth-order valence-electron chi connectivity index (χ4n) is 1.75. The van der Waals surface area contributed by atoms with Gasteiger partial charge in [-0.15, -0.1) is 5.10 Å². The molecular formula is C13H9N3O4S. The van der Waals surface area contributed by atoms with Crippen LogP contribution in [0.4, 0.5) is 0 Å². The first kappa shape index (κ1) is 13.3. The van der Waals surface area contributed by atoms with E-state index in [1.807, 2.05) is 0 Å². The summed E-state index contributed by atoms with van der Waals surface area (Å²) >= 11 is 0. The molecule has 0 radical (unpaired) electrons. The average molecular weight is 303 g/mol. The molecule has 0 aliphatic carbocycles. The van der Waals surface area contributed by atoms with Crippen molar-refractivity contribution in [3.05, 3.63) is 65.0 Å². The smallest absolute Gasteiger partial charge is 0.263 e. The lowest BCUT2D eigenvalue weighted by atomic mass is 10.2. The zero-order valence-corrected chi connectivity index (χ0v) is 11.4. The summed E-state index contributed by atoms with van der Waals surface area (Å²) in [5.74, 6) is 0. The van der Waals surface area contributed by atoms with Crippen LogP contribution in [0.5, 0.6) is 0 Å². The molecule has 21 heavy (non-hydrogen) atoms. The van der Waals surface area contributed by atoms with Gasteiger partial charge in [0.25, 0.3) is 0 Å². The lowest BCUT2D eigenvalue weighted by Gasteiger charge is -2.06. The van der Waals surface area contributed by atoms with E-state index in [1.165, 1.54) is 18.2 Å². The maximum absolute atomic E-state index is 12.1. The number of benzene rings is 2. The Kier molecular flexibility index (Phi) is 3.15. The summed E-state index contributed by atoms with van der Waals surface area (Å²) in [6, 6.07) is 13.9. The van der Waals surface area contributed by atoms with E-state index in [1.54, 1.807) is 36.4 Å². The van der Waals surface area contributed by atoms with Crippen LogP contribution in [0.25, 0.3) is 10.9 Å². The first-order chi connectivity index (χ1) is 10.1. The lowest BCUT2D eigenvalue weighted by molar-refractivity contribution is 0.215. The Morgan fingerprint density at radius 3 is 2.38 bits per heavy atom. The molecule has 0 saturated carbocycles. The molecule has 1 aromatic heterocycles. The van der Waals surface area contributed by atoms with Gasteiger partial charge in [0.1, 0.15) is 10.4 Å². The van der Waals surface area contributed by atoms with Crippen LogP contribution in [0, 0.1) is 0 Å². The van der Waals surface area contributed by atoms with Crippen LogP contribution in [-0.2, 0) is 10.1 Å². The van der Waals surface area contributed by atoms with Gasteiger partial charge in [0.05, 0.1) is 5.39 Å². The van der Waals surface area contributed by atoms with Crippen LogP contribution in [0.2, 0.25) is 0 Å². The Morgan fingerprint density at radius 1 is 0.952 bits per heavy atom. The van der Waals surface area contributed by atoms with Crippen molar-refractivity contribution in [1.29, 1.82) is 0 Å². The number of hydrogen-bond donors (Lipinski definition) is 0. The summed E-state index contributed by atoms with van der Waals surface area (Å²) in [5, 5.41) is 7.43. The Balaban J connectivity index is 2.07. The molecule has 8 heteroatoms. The summed E-state index contributed by atoms with van der Waals surface area (Å²) in [5.41, 5.74) is -0.334. The summed E-state index contributed by atoms with van der Waals surface area (Å²) < 4.78 is 28.8. The van der Waals surface area contributed by atoms with E-state index in [0.29, 0.717) is 10.4 Å². The summed E-state index contributed by atoms with van der Waals surface area (Å²) in [6.07, 6.45) is 0. The highest BCUT2D eigenvalue weighted by Gasteiger charge is 2.18. The Labute approximate surface area is 119 Å². The van der Waals surface area contributed by atoms with Crippen LogP contribution < -0.4 is 9.84 Å². The van der Waals surface area contributed by atoms with E-state index in [0.717, 1.165) is 0 Å². The quantitative estimate of drug-likeness (QED) is 0.704. The highest BCUT2D eigenvalue weighted by molar-refractivity contribution is 7.87. The van der Waals surface area contributed by atoms with E-state index in [4.69, 9.17) is 4.28 Å². The first-order valence-corrected chi connectivity index (χ1v) is 7.33. The summed E-state index contributed by atoms with van der Waals surface area (Å²) in [7, 11) is -4.14. The minimum absolute atomic E-state index is 0.0770. The molecular weight excluding hydrogens is 294 g/mol. The molecule has 0 saturated heterocycles. The highest BCUT2D eigenvalue weighted by Crippen LogP contribution is 2.08. The molecule has 0 N–H and O–H groups in total. The van der Waals surface area contributed by atoms with Crippen LogP contribution >= 0.6 is 0 Å². The molecule has 0 aliphatic rings. The normalized spacial score (nSPS) is 11.4. The summed E-state index contributed by atoms with van der Waals surface area (Å²) in [6.45, 7) is 0. The van der Waals surface area contributed by atoms with Crippen molar-refractivity contribution in [1.82, 2.24) is 15.2 Å². The maximum Gasteiger partial charge on any atom is 0.358 e. The van der Waals surface area contributed by atoms with E-state index in [9.17, 15) is 13.2 Å². The second-order valence-electron chi connectivity index (χ2n) is 4.13. The van der Waals surface area contributed by atoms with Crippen molar-refractivity contribution in [2.75, 3.05) is 0 Å². The van der Waals surface area contributed by atoms with Gasteiger partial charge in [-0.1, -0.05) is 30.3 Å². The van der Waals surface area contributed by atoms with Crippen LogP contribution in [-0.4, -0.2) is 23.6 Å². The molecule has 0 fully saturated rings. The number of aromatic nitrogens is 3. The van der Waals surface area contributed by atoms with Gasteiger partial charge in [-0.05, 0) is 34.3 Å². The first-order valence-electron chi connectivity index (χ1n) is 5.93. The van der Waals surface area contributed by atoms with Crippen molar-refractivity contribution in [2.45, 2.75) is 4.90 Å². The second kappa shape index (κ2) is 4.98. The van der Waals surface area contributed by atoms with Gasteiger partial charge >= 0.3 is 15.7 Å². The van der Waals surface area contributed by atoms with Crippen molar-refractivity contribution in [3.8, 4) is 0 Å². The molecule has 3 aromatic rings. The Hall–Kier alpha value is -2.74. The zero-order valence-electron chi connectivity index (χ0n) is 10.6. The van der Waals surface area contributed by atoms with Gasteiger partial charge in [-0.2, -0.15) is 8.42 Å². The van der Waals surface area contributed by atoms with Crippen molar-refractivity contribution < 1.29 is 12.7 Å². The Morgan fingerprint density at radius 2 is 1.62 bits per heavy atom. The molecule has 3 rings (SSSR count). The second-order valence-corrected chi connectivity index (χ2v) is 5.66. The number of fused-ring (bicyclic) bond motifs is 1. The predicted molar refractivity (Wildman–Crippen MR) is 74.0 cm³/mol. The third-order valence-electron chi connectivity index (χ3n) is 2.74. The SMILES string of the molecule is O=c1c2ccccc2nnn1OS(=O)(=O)c1ccccc1. The Bertz CT molecular complexity index is 952. The van der Waals surface area contributed by atoms with Gasteiger partial charge in [-0.3, -0.25) is 9.08 Å². The van der Waals surface area contributed by atoms with E-state index < -0.39 is 15.7 Å². The molecule has 106 valence electrons. The molecule has 0 atom stereocenters. The highest BCUT2D eigenvalue weighted by atomic mass is 32.2. The topological polar surface area (TPSA) is 91.2 Å². The minimum Gasteiger partial charge on any atom is -0.263 e. The molecule has 0 unspecified atom stereocenters. The van der Waals surface area contributed by atoms with Crippen molar-refractivity contribution in [3.63, 3.8) is 0 Å². The number of hydrogen-bond acceptors (Lipinski definition) is 6. The van der Waals surface area contributed by atoms with E-state index >= 15 is 0 Å². The molecule has 1 heterocycles. The molecule has 0 bridgehead atoms. The monoisotopic (exact) mass is 303 g/mol. The minimum atomic E-state index is -4.14. The molecule has 0 amide bonds. The third kappa shape index (κ3) is 2.48. The lowest BCUT2D eigenvalue weighted by Crippen LogP contribution is -2.33. The van der Waals surface area contributed by atoms with Crippen molar-refractivity contribution in [2.24, 2.45) is 0 Å².